The molecule has 1 saturated heterocycles. The van der Waals surface area contributed by atoms with Crippen LogP contribution in [0.15, 0.2) is 24.8 Å². The van der Waals surface area contributed by atoms with E-state index in [1.54, 1.807) is 13.2 Å². The molecule has 0 aromatic rings. The zero-order valence-corrected chi connectivity index (χ0v) is 8.85. The lowest BCUT2D eigenvalue weighted by Gasteiger charge is -2.53. The third-order valence-corrected chi connectivity index (χ3v) is 4.30. The van der Waals surface area contributed by atoms with Crippen LogP contribution in [0.4, 0.5) is 0 Å². The fourth-order valence-corrected chi connectivity index (χ4v) is 3.52. The van der Waals surface area contributed by atoms with Crippen molar-refractivity contribution in [2.45, 2.75) is 17.8 Å². The summed E-state index contributed by atoms with van der Waals surface area (Å²) in [4.78, 5) is 0. The Balaban J connectivity index is 2.18. The molecular weight excluding hydrogens is 192 g/mol. The molecule has 3 aliphatic carbocycles. The Morgan fingerprint density at radius 1 is 1.60 bits per heavy atom. The molecule has 4 aliphatic rings. The first kappa shape index (κ1) is 9.58. The van der Waals surface area contributed by atoms with Gasteiger partial charge in [0.2, 0.25) is 5.79 Å². The Kier molecular flexibility index (Phi) is 1.74. The lowest BCUT2D eigenvalue weighted by Crippen LogP contribution is -2.65. The molecule has 0 unspecified atom stereocenters. The molecule has 0 aromatic heterocycles. The van der Waals surface area contributed by atoms with Crippen LogP contribution in [0.2, 0.25) is 0 Å². The van der Waals surface area contributed by atoms with Crippen LogP contribution in [0, 0.1) is 17.8 Å². The third-order valence-electron chi connectivity index (χ3n) is 4.30. The molecule has 4 bridgehead atoms. The Morgan fingerprint density at radius 2 is 2.40 bits per heavy atom. The summed E-state index contributed by atoms with van der Waals surface area (Å²) >= 11 is 0. The van der Waals surface area contributed by atoms with Crippen LogP contribution in [0.25, 0.3) is 0 Å². The summed E-state index contributed by atoms with van der Waals surface area (Å²) in [5.41, 5.74) is -1.08. The maximum Gasteiger partial charge on any atom is 0.208 e. The number of rotatable bonds is 2. The minimum atomic E-state index is -1.08. The first-order valence-electron chi connectivity index (χ1n) is 5.41. The minimum Gasteiger partial charge on any atom is -0.379 e. The minimum absolute atomic E-state index is 0.0763. The second-order valence-electron chi connectivity index (χ2n) is 4.73. The summed E-state index contributed by atoms with van der Waals surface area (Å²) in [6.45, 7) is 4.42. The third kappa shape index (κ3) is 0.838. The maximum absolute atomic E-state index is 10.7. The molecule has 3 heteroatoms. The van der Waals surface area contributed by atoms with E-state index in [-0.39, 0.29) is 11.8 Å². The van der Waals surface area contributed by atoms with E-state index in [0.717, 1.165) is 6.42 Å². The predicted octanol–water partition coefficient (Wildman–Crippen LogP) is 1.10. The molecule has 3 nitrogen and oxygen atoms in total. The average molecular weight is 208 g/mol. The van der Waals surface area contributed by atoms with Crippen molar-refractivity contribution in [1.82, 2.24) is 0 Å². The molecule has 1 aliphatic heterocycles. The second-order valence-corrected chi connectivity index (χ2v) is 4.73. The van der Waals surface area contributed by atoms with Crippen molar-refractivity contribution >= 4 is 0 Å². The van der Waals surface area contributed by atoms with Gasteiger partial charge in [0.25, 0.3) is 0 Å². The molecule has 0 radical (unpaired) electrons. The number of methoxy groups -OCH3 is 1. The monoisotopic (exact) mass is 208 g/mol. The van der Waals surface area contributed by atoms with Gasteiger partial charge in [-0.1, -0.05) is 18.2 Å². The zero-order chi connectivity index (χ0) is 10.7. The van der Waals surface area contributed by atoms with Crippen molar-refractivity contribution in [2.24, 2.45) is 17.8 Å². The van der Waals surface area contributed by atoms with Gasteiger partial charge in [0.15, 0.2) is 0 Å². The van der Waals surface area contributed by atoms with Gasteiger partial charge in [-0.15, -0.1) is 6.58 Å². The fourth-order valence-electron chi connectivity index (χ4n) is 3.52. The Morgan fingerprint density at radius 3 is 3.07 bits per heavy atom. The van der Waals surface area contributed by atoms with Crippen molar-refractivity contribution < 1.29 is 14.6 Å². The van der Waals surface area contributed by atoms with Gasteiger partial charge in [-0.2, -0.15) is 0 Å². The van der Waals surface area contributed by atoms with E-state index >= 15 is 0 Å². The highest BCUT2D eigenvalue weighted by Crippen LogP contribution is 2.59. The topological polar surface area (TPSA) is 38.7 Å². The molecule has 4 rings (SSSR count). The van der Waals surface area contributed by atoms with Crippen LogP contribution in [-0.4, -0.2) is 30.2 Å². The first-order chi connectivity index (χ1) is 7.18. The Hall–Kier alpha value is -0.640. The van der Waals surface area contributed by atoms with E-state index in [9.17, 15) is 5.11 Å². The van der Waals surface area contributed by atoms with Crippen molar-refractivity contribution in [3.05, 3.63) is 24.8 Å². The number of aliphatic hydroxyl groups is 1. The summed E-state index contributed by atoms with van der Waals surface area (Å²) in [5.74, 6) is -0.167. The van der Waals surface area contributed by atoms with E-state index in [1.165, 1.54) is 0 Å². The van der Waals surface area contributed by atoms with Crippen molar-refractivity contribution in [2.75, 3.05) is 13.7 Å². The van der Waals surface area contributed by atoms with E-state index in [2.05, 4.69) is 18.7 Å². The molecule has 15 heavy (non-hydrogen) atoms. The van der Waals surface area contributed by atoms with Gasteiger partial charge in [-0.3, -0.25) is 0 Å². The van der Waals surface area contributed by atoms with Crippen LogP contribution in [-0.2, 0) is 9.47 Å². The molecule has 1 N–H and O–H groups in total. The lowest BCUT2D eigenvalue weighted by molar-refractivity contribution is -0.307. The molecule has 0 spiro atoms. The van der Waals surface area contributed by atoms with E-state index < -0.39 is 11.4 Å². The average Bonchev–Trinajstić information content (AvgIpc) is 2.63. The first-order valence-corrected chi connectivity index (χ1v) is 5.41. The SMILES string of the molecule is C=C[C@]1(O)[C@@H]2C=C[C@H]3[C@H](CO[C@@]31OC)C2. The quantitative estimate of drug-likeness (QED) is 0.691. The summed E-state index contributed by atoms with van der Waals surface area (Å²) in [6.07, 6.45) is 6.76. The summed E-state index contributed by atoms with van der Waals surface area (Å²) in [7, 11) is 1.60. The van der Waals surface area contributed by atoms with Gasteiger partial charge >= 0.3 is 0 Å². The molecule has 1 heterocycles. The standard InChI is InChI=1S/C12H16O3/c1-3-11(13)9-4-5-10-8(6-9)7-15-12(10,11)14-2/h3-5,8-10,13H,1,6-7H2,2H3/t8-,9+,10-,11-,12-/m0/s1. The molecule has 5 atom stereocenters. The lowest BCUT2D eigenvalue weighted by atomic mass is 9.59. The van der Waals surface area contributed by atoms with Crippen LogP contribution in [0.3, 0.4) is 0 Å². The van der Waals surface area contributed by atoms with E-state index in [0.29, 0.717) is 12.5 Å². The van der Waals surface area contributed by atoms with Crippen LogP contribution < -0.4 is 0 Å². The Bertz CT molecular complexity index is 338. The smallest absolute Gasteiger partial charge is 0.208 e. The Labute approximate surface area is 89.4 Å². The van der Waals surface area contributed by atoms with Gasteiger partial charge in [0, 0.05) is 18.9 Å². The summed E-state index contributed by atoms with van der Waals surface area (Å²) in [5, 5.41) is 10.7. The molecule has 0 amide bonds. The molecule has 82 valence electrons. The maximum atomic E-state index is 10.7. The highest BCUT2D eigenvalue weighted by Gasteiger charge is 2.68. The summed E-state index contributed by atoms with van der Waals surface area (Å²) in [6, 6.07) is 0. The highest BCUT2D eigenvalue weighted by atomic mass is 16.7. The second kappa shape index (κ2) is 2.73. The molecule has 0 aromatic carbocycles. The largest absolute Gasteiger partial charge is 0.379 e. The van der Waals surface area contributed by atoms with Gasteiger partial charge in [0.05, 0.1) is 6.61 Å². The summed E-state index contributed by atoms with van der Waals surface area (Å²) < 4.78 is 11.3. The van der Waals surface area contributed by atoms with Crippen molar-refractivity contribution in [1.29, 1.82) is 0 Å². The van der Waals surface area contributed by atoms with E-state index in [4.69, 9.17) is 9.47 Å². The van der Waals surface area contributed by atoms with Crippen molar-refractivity contribution in [3.63, 3.8) is 0 Å². The zero-order valence-electron chi connectivity index (χ0n) is 8.85. The van der Waals surface area contributed by atoms with E-state index in [1.807, 2.05) is 0 Å². The predicted molar refractivity (Wildman–Crippen MR) is 55.1 cm³/mol. The number of ether oxygens (including phenoxy) is 2. The van der Waals surface area contributed by atoms with Crippen molar-refractivity contribution in [3.8, 4) is 0 Å². The molecule has 1 saturated carbocycles. The molecular formula is C12H16O3. The number of hydrogen-bond donors (Lipinski definition) is 1. The normalized spacial score (nSPS) is 56.0. The van der Waals surface area contributed by atoms with Gasteiger partial charge in [0.1, 0.15) is 5.60 Å². The van der Waals surface area contributed by atoms with Crippen LogP contribution in [0.1, 0.15) is 6.42 Å². The van der Waals surface area contributed by atoms with Gasteiger partial charge in [-0.25, -0.2) is 0 Å². The highest BCUT2D eigenvalue weighted by molar-refractivity contribution is 5.29. The van der Waals surface area contributed by atoms with Gasteiger partial charge < -0.3 is 14.6 Å². The fraction of sp³-hybridized carbons (Fsp3) is 0.667. The molecule has 2 fully saturated rings. The van der Waals surface area contributed by atoms with Gasteiger partial charge in [-0.05, 0) is 12.3 Å². The number of hydrogen-bond acceptors (Lipinski definition) is 3. The van der Waals surface area contributed by atoms with Crippen LogP contribution >= 0.6 is 0 Å². The van der Waals surface area contributed by atoms with Crippen LogP contribution in [0.5, 0.6) is 0 Å².